The number of nitrogens with zero attached hydrogens (tertiary/aromatic N) is 1. The predicted octanol–water partition coefficient (Wildman–Crippen LogP) is 4.18. The summed E-state index contributed by atoms with van der Waals surface area (Å²) in [6.45, 7) is 3.95. The molecule has 7 nitrogen and oxygen atoms in total. The fraction of sp³-hybridized carbons (Fsp3) is 0.231. The second kappa shape index (κ2) is 9.69. The molecule has 0 unspecified atom stereocenters. The van der Waals surface area contributed by atoms with Crippen LogP contribution in [0, 0.1) is 0 Å². The normalized spacial score (nSPS) is 15.0. The molecule has 0 saturated heterocycles. The van der Waals surface area contributed by atoms with E-state index in [2.05, 4.69) is 5.32 Å². The summed E-state index contributed by atoms with van der Waals surface area (Å²) in [5, 5.41) is 2.85. The number of benzene rings is 3. The summed E-state index contributed by atoms with van der Waals surface area (Å²) in [4.78, 5) is 24.7. The number of fused-ring (bicyclic) bond motifs is 1. The molecule has 0 radical (unpaired) electrons. The number of hydrogen-bond donors (Lipinski definition) is 1. The zero-order chi connectivity index (χ0) is 24.3. The van der Waals surface area contributed by atoms with E-state index in [0.717, 1.165) is 11.1 Å². The molecule has 3 aromatic rings. The number of ether oxygens (including phenoxy) is 1. The number of carbonyl (C=O) groups excluding carboxylic acids is 2. The summed E-state index contributed by atoms with van der Waals surface area (Å²) in [6.07, 6.45) is 0.693. The van der Waals surface area contributed by atoms with Crippen LogP contribution in [0.2, 0.25) is 0 Å². The van der Waals surface area contributed by atoms with Crippen LogP contribution in [0.25, 0.3) is 0 Å². The zero-order valence-electron chi connectivity index (χ0n) is 19.0. The SMILES string of the molecule is CCOC(=O)Cc1ccc(NC(=O)c2ccc3c(c2)C[C@H](C)N3S(=O)(=O)c2ccccc2)cc1. The fourth-order valence-corrected chi connectivity index (χ4v) is 5.82. The standard InChI is InChI=1S/C26H26N2O5S/c1-3-33-25(29)16-19-9-12-22(13-10-19)27-26(30)20-11-14-24-21(17-20)15-18(2)28(24)34(31,32)23-7-5-4-6-8-23/h4-14,17-18H,3,15-16H2,1-2H3,(H,27,30)/t18-/m0/s1. The van der Waals surface area contributed by atoms with Gasteiger partial charge in [-0.1, -0.05) is 30.3 Å². The maximum Gasteiger partial charge on any atom is 0.310 e. The number of amides is 1. The van der Waals surface area contributed by atoms with Gasteiger partial charge >= 0.3 is 5.97 Å². The Morgan fingerprint density at radius 1 is 1.03 bits per heavy atom. The van der Waals surface area contributed by atoms with E-state index in [1.165, 1.54) is 4.31 Å². The van der Waals surface area contributed by atoms with E-state index < -0.39 is 10.0 Å². The molecule has 0 spiro atoms. The van der Waals surface area contributed by atoms with Gasteiger partial charge in [-0.25, -0.2) is 8.42 Å². The Labute approximate surface area is 199 Å². The lowest BCUT2D eigenvalue weighted by molar-refractivity contribution is -0.142. The lowest BCUT2D eigenvalue weighted by Crippen LogP contribution is -2.35. The number of rotatable bonds is 7. The Morgan fingerprint density at radius 3 is 2.41 bits per heavy atom. The van der Waals surface area contributed by atoms with Gasteiger partial charge in [0, 0.05) is 17.3 Å². The fourth-order valence-electron chi connectivity index (χ4n) is 4.10. The van der Waals surface area contributed by atoms with Crippen molar-refractivity contribution in [3.05, 3.63) is 89.5 Å². The topological polar surface area (TPSA) is 92.8 Å². The first-order valence-electron chi connectivity index (χ1n) is 11.1. The van der Waals surface area contributed by atoms with Gasteiger partial charge in [-0.05, 0) is 73.9 Å². The van der Waals surface area contributed by atoms with Crippen LogP contribution in [0.5, 0.6) is 0 Å². The molecule has 1 atom stereocenters. The molecule has 0 fully saturated rings. The first kappa shape index (κ1) is 23.5. The monoisotopic (exact) mass is 478 g/mol. The average molecular weight is 479 g/mol. The maximum atomic E-state index is 13.2. The number of anilines is 2. The molecule has 0 bridgehead atoms. The van der Waals surface area contributed by atoms with Crippen molar-refractivity contribution in [2.45, 2.75) is 37.6 Å². The molecule has 0 aromatic heterocycles. The Bertz CT molecular complexity index is 1300. The van der Waals surface area contributed by atoms with Gasteiger partial charge in [-0.15, -0.1) is 0 Å². The van der Waals surface area contributed by atoms with Crippen molar-refractivity contribution < 1.29 is 22.7 Å². The lowest BCUT2D eigenvalue weighted by Gasteiger charge is -2.24. The van der Waals surface area contributed by atoms with Gasteiger partial charge in [0.2, 0.25) is 0 Å². The van der Waals surface area contributed by atoms with Gasteiger partial charge in [0.15, 0.2) is 0 Å². The molecule has 1 N–H and O–H groups in total. The van der Waals surface area contributed by atoms with Crippen LogP contribution in [0.4, 0.5) is 11.4 Å². The van der Waals surface area contributed by atoms with E-state index in [4.69, 9.17) is 4.74 Å². The minimum Gasteiger partial charge on any atom is -0.466 e. The summed E-state index contributed by atoms with van der Waals surface area (Å²) in [6, 6.07) is 20.2. The van der Waals surface area contributed by atoms with Crippen LogP contribution in [0.1, 0.15) is 35.3 Å². The second-order valence-electron chi connectivity index (χ2n) is 8.14. The lowest BCUT2D eigenvalue weighted by atomic mass is 10.1. The van der Waals surface area contributed by atoms with Crippen molar-refractivity contribution in [2.75, 3.05) is 16.2 Å². The highest BCUT2D eigenvalue weighted by atomic mass is 32.2. The van der Waals surface area contributed by atoms with Gasteiger partial charge in [0.25, 0.3) is 15.9 Å². The highest BCUT2D eigenvalue weighted by molar-refractivity contribution is 7.92. The smallest absolute Gasteiger partial charge is 0.310 e. The molecule has 1 amide bonds. The minimum absolute atomic E-state index is 0.174. The number of esters is 1. The molecule has 0 saturated carbocycles. The largest absolute Gasteiger partial charge is 0.466 e. The molecule has 3 aromatic carbocycles. The van der Waals surface area contributed by atoms with E-state index in [1.54, 1.807) is 79.7 Å². The quantitative estimate of drug-likeness (QED) is 0.514. The summed E-state index contributed by atoms with van der Waals surface area (Å²) in [5.74, 6) is -0.590. The Hall–Kier alpha value is -3.65. The van der Waals surface area contributed by atoms with Gasteiger partial charge in [0.05, 0.1) is 23.6 Å². The molecule has 4 rings (SSSR count). The van der Waals surface area contributed by atoms with E-state index in [1.807, 2.05) is 6.92 Å². The Kier molecular flexibility index (Phi) is 6.70. The van der Waals surface area contributed by atoms with Crippen molar-refractivity contribution >= 4 is 33.3 Å². The molecule has 8 heteroatoms. The van der Waals surface area contributed by atoms with Gasteiger partial charge < -0.3 is 10.1 Å². The van der Waals surface area contributed by atoms with Crippen molar-refractivity contribution in [2.24, 2.45) is 0 Å². The second-order valence-corrected chi connectivity index (χ2v) is 9.96. The molecular weight excluding hydrogens is 452 g/mol. The van der Waals surface area contributed by atoms with E-state index in [9.17, 15) is 18.0 Å². The van der Waals surface area contributed by atoms with E-state index >= 15 is 0 Å². The molecule has 1 aliphatic rings. The summed E-state index contributed by atoms with van der Waals surface area (Å²) >= 11 is 0. The first-order valence-corrected chi connectivity index (χ1v) is 12.5. The van der Waals surface area contributed by atoms with Crippen LogP contribution >= 0.6 is 0 Å². The summed E-state index contributed by atoms with van der Waals surface area (Å²) < 4.78 is 32.8. The molecule has 176 valence electrons. The minimum atomic E-state index is -3.70. The molecule has 1 aliphatic heterocycles. The van der Waals surface area contributed by atoms with Crippen LogP contribution in [-0.2, 0) is 32.4 Å². The Balaban J connectivity index is 1.50. The molecule has 0 aliphatic carbocycles. The highest BCUT2D eigenvalue weighted by Crippen LogP contribution is 2.37. The third-order valence-electron chi connectivity index (χ3n) is 5.66. The zero-order valence-corrected chi connectivity index (χ0v) is 19.8. The third-order valence-corrected chi connectivity index (χ3v) is 7.60. The van der Waals surface area contributed by atoms with Crippen molar-refractivity contribution in [3.8, 4) is 0 Å². The van der Waals surface area contributed by atoms with Crippen molar-refractivity contribution in [3.63, 3.8) is 0 Å². The van der Waals surface area contributed by atoms with Crippen LogP contribution in [-0.4, -0.2) is 32.9 Å². The first-order chi connectivity index (χ1) is 16.3. The predicted molar refractivity (Wildman–Crippen MR) is 130 cm³/mol. The van der Waals surface area contributed by atoms with Crippen LogP contribution in [0.15, 0.2) is 77.7 Å². The molecular formula is C26H26N2O5S. The average Bonchev–Trinajstić information content (AvgIpc) is 3.16. The van der Waals surface area contributed by atoms with Gasteiger partial charge in [-0.2, -0.15) is 0 Å². The number of sulfonamides is 1. The summed E-state index contributed by atoms with van der Waals surface area (Å²) in [7, 11) is -3.70. The molecule has 34 heavy (non-hydrogen) atoms. The van der Waals surface area contributed by atoms with Gasteiger partial charge in [0.1, 0.15) is 0 Å². The number of nitrogens with one attached hydrogen (secondary N) is 1. The van der Waals surface area contributed by atoms with E-state index in [0.29, 0.717) is 30.0 Å². The van der Waals surface area contributed by atoms with Crippen molar-refractivity contribution in [1.82, 2.24) is 0 Å². The van der Waals surface area contributed by atoms with Crippen molar-refractivity contribution in [1.29, 1.82) is 0 Å². The van der Waals surface area contributed by atoms with Crippen LogP contribution < -0.4 is 9.62 Å². The number of carbonyl (C=O) groups is 2. The van der Waals surface area contributed by atoms with Gasteiger partial charge in [-0.3, -0.25) is 13.9 Å². The highest BCUT2D eigenvalue weighted by Gasteiger charge is 2.36. The van der Waals surface area contributed by atoms with E-state index in [-0.39, 0.29) is 29.2 Å². The molecule has 1 heterocycles. The third kappa shape index (κ3) is 4.82. The van der Waals surface area contributed by atoms with Crippen LogP contribution in [0.3, 0.4) is 0 Å². The Morgan fingerprint density at radius 2 is 1.74 bits per heavy atom. The number of hydrogen-bond acceptors (Lipinski definition) is 5. The maximum absolute atomic E-state index is 13.2. The summed E-state index contributed by atoms with van der Waals surface area (Å²) in [5.41, 5.74) is 3.24.